The first-order valence-electron chi connectivity index (χ1n) is 3.91. The minimum Gasteiger partial charge on any atom is -0.495 e. The average molecular weight is 268 g/mol. The third kappa shape index (κ3) is 1.29. The minimum atomic E-state index is 0.691. The SMILES string of the molecule is COc1ccc(Br)c2c(C#N)csc12. The van der Waals surface area contributed by atoms with Crippen LogP contribution in [0.4, 0.5) is 0 Å². The molecule has 0 fully saturated rings. The summed E-state index contributed by atoms with van der Waals surface area (Å²) in [6, 6.07) is 5.96. The summed E-state index contributed by atoms with van der Waals surface area (Å²) < 4.78 is 7.17. The Hall–Kier alpha value is -1.05. The quantitative estimate of drug-likeness (QED) is 0.792. The first-order chi connectivity index (χ1) is 6.77. The van der Waals surface area contributed by atoms with Crippen LogP contribution in [0.5, 0.6) is 5.75 Å². The summed E-state index contributed by atoms with van der Waals surface area (Å²) in [7, 11) is 1.63. The van der Waals surface area contributed by atoms with Gasteiger partial charge in [0.1, 0.15) is 11.8 Å². The maximum atomic E-state index is 8.91. The molecule has 1 aromatic carbocycles. The molecule has 2 rings (SSSR count). The number of methoxy groups -OCH3 is 1. The lowest BCUT2D eigenvalue weighted by atomic mass is 10.2. The van der Waals surface area contributed by atoms with Crippen molar-refractivity contribution >= 4 is 37.4 Å². The molecule has 1 aromatic heterocycles. The molecule has 1 heterocycles. The Morgan fingerprint density at radius 1 is 1.50 bits per heavy atom. The average Bonchev–Trinajstić information content (AvgIpc) is 2.63. The van der Waals surface area contributed by atoms with Crippen molar-refractivity contribution in [2.75, 3.05) is 7.11 Å². The second-order valence-corrected chi connectivity index (χ2v) is 4.45. The first kappa shape index (κ1) is 9.50. The van der Waals surface area contributed by atoms with Crippen LogP contribution < -0.4 is 4.74 Å². The molecule has 0 saturated carbocycles. The molecular weight excluding hydrogens is 262 g/mol. The van der Waals surface area contributed by atoms with E-state index in [1.165, 1.54) is 11.3 Å². The molecule has 0 bridgehead atoms. The van der Waals surface area contributed by atoms with E-state index in [2.05, 4.69) is 22.0 Å². The van der Waals surface area contributed by atoms with Gasteiger partial charge in [-0.3, -0.25) is 0 Å². The van der Waals surface area contributed by atoms with E-state index in [4.69, 9.17) is 10.00 Å². The van der Waals surface area contributed by atoms with E-state index >= 15 is 0 Å². The van der Waals surface area contributed by atoms with Gasteiger partial charge in [-0.15, -0.1) is 11.3 Å². The Bertz CT molecular complexity index is 527. The van der Waals surface area contributed by atoms with Crippen molar-refractivity contribution in [2.45, 2.75) is 0 Å². The summed E-state index contributed by atoms with van der Waals surface area (Å²) in [5, 5.41) is 11.7. The molecule has 0 N–H and O–H groups in total. The van der Waals surface area contributed by atoms with Crippen molar-refractivity contribution in [3.8, 4) is 11.8 Å². The molecule has 14 heavy (non-hydrogen) atoms. The molecule has 0 aliphatic rings. The van der Waals surface area contributed by atoms with Crippen LogP contribution in [0, 0.1) is 11.3 Å². The summed E-state index contributed by atoms with van der Waals surface area (Å²) in [6.45, 7) is 0. The molecule has 0 aliphatic carbocycles. The van der Waals surface area contributed by atoms with E-state index in [0.717, 1.165) is 20.3 Å². The first-order valence-corrected chi connectivity index (χ1v) is 5.59. The fourth-order valence-corrected chi connectivity index (χ4v) is 3.01. The third-order valence-electron chi connectivity index (χ3n) is 1.98. The smallest absolute Gasteiger partial charge is 0.136 e. The third-order valence-corrected chi connectivity index (χ3v) is 3.63. The van der Waals surface area contributed by atoms with E-state index < -0.39 is 0 Å². The molecular formula is C10H6BrNOS. The Morgan fingerprint density at radius 3 is 2.93 bits per heavy atom. The number of ether oxygens (including phenoxy) is 1. The number of thiophene rings is 1. The summed E-state index contributed by atoms with van der Waals surface area (Å²) in [5.41, 5.74) is 0.691. The maximum absolute atomic E-state index is 8.91. The van der Waals surface area contributed by atoms with Gasteiger partial charge in [-0.2, -0.15) is 5.26 Å². The Kier molecular flexibility index (Phi) is 2.44. The fourth-order valence-electron chi connectivity index (χ4n) is 1.33. The largest absolute Gasteiger partial charge is 0.495 e. The zero-order chi connectivity index (χ0) is 10.1. The molecule has 0 aliphatic heterocycles. The molecule has 0 radical (unpaired) electrons. The zero-order valence-corrected chi connectivity index (χ0v) is 9.78. The highest BCUT2D eigenvalue weighted by atomic mass is 79.9. The number of hydrogen-bond donors (Lipinski definition) is 0. The molecule has 0 saturated heterocycles. The predicted molar refractivity (Wildman–Crippen MR) is 60.8 cm³/mol. The van der Waals surface area contributed by atoms with Gasteiger partial charge >= 0.3 is 0 Å². The number of rotatable bonds is 1. The van der Waals surface area contributed by atoms with Crippen molar-refractivity contribution in [3.05, 3.63) is 27.5 Å². The fraction of sp³-hybridized carbons (Fsp3) is 0.100. The number of hydrogen-bond acceptors (Lipinski definition) is 3. The summed E-state index contributed by atoms with van der Waals surface area (Å²) in [5.74, 6) is 0.815. The van der Waals surface area contributed by atoms with E-state index in [-0.39, 0.29) is 0 Å². The number of nitrogens with zero attached hydrogens (tertiary/aromatic N) is 1. The molecule has 4 heteroatoms. The summed E-state index contributed by atoms with van der Waals surface area (Å²) in [6.07, 6.45) is 0. The maximum Gasteiger partial charge on any atom is 0.136 e. The van der Waals surface area contributed by atoms with Crippen molar-refractivity contribution in [1.29, 1.82) is 5.26 Å². The van der Waals surface area contributed by atoms with Crippen molar-refractivity contribution in [3.63, 3.8) is 0 Å². The Morgan fingerprint density at radius 2 is 2.29 bits per heavy atom. The van der Waals surface area contributed by atoms with Crippen molar-refractivity contribution < 1.29 is 4.74 Å². The lowest BCUT2D eigenvalue weighted by molar-refractivity contribution is 0.420. The molecule has 0 spiro atoms. The monoisotopic (exact) mass is 267 g/mol. The van der Waals surface area contributed by atoms with Gasteiger partial charge in [-0.1, -0.05) is 15.9 Å². The molecule has 70 valence electrons. The van der Waals surface area contributed by atoms with Crippen LogP contribution in [-0.4, -0.2) is 7.11 Å². The van der Waals surface area contributed by atoms with Crippen LogP contribution in [0.3, 0.4) is 0 Å². The Labute approximate surface area is 93.9 Å². The van der Waals surface area contributed by atoms with Gasteiger partial charge in [0.05, 0.1) is 17.4 Å². The number of fused-ring (bicyclic) bond motifs is 1. The minimum absolute atomic E-state index is 0.691. The summed E-state index contributed by atoms with van der Waals surface area (Å²) >= 11 is 4.96. The van der Waals surface area contributed by atoms with Gasteiger partial charge in [0.15, 0.2) is 0 Å². The van der Waals surface area contributed by atoms with E-state index in [1.807, 2.05) is 17.5 Å². The lowest BCUT2D eigenvalue weighted by Gasteiger charge is -2.02. The van der Waals surface area contributed by atoms with Crippen LogP contribution in [0.1, 0.15) is 5.56 Å². The number of nitriles is 1. The second kappa shape index (κ2) is 3.60. The lowest BCUT2D eigenvalue weighted by Crippen LogP contribution is -1.82. The van der Waals surface area contributed by atoms with Crippen LogP contribution in [0.15, 0.2) is 22.0 Å². The Balaban J connectivity index is 2.89. The number of benzene rings is 1. The summed E-state index contributed by atoms with van der Waals surface area (Å²) in [4.78, 5) is 0. The van der Waals surface area contributed by atoms with Gasteiger partial charge < -0.3 is 4.74 Å². The van der Waals surface area contributed by atoms with E-state index in [0.29, 0.717) is 5.56 Å². The van der Waals surface area contributed by atoms with Gasteiger partial charge in [0, 0.05) is 15.2 Å². The van der Waals surface area contributed by atoms with E-state index in [1.54, 1.807) is 7.11 Å². The highest BCUT2D eigenvalue weighted by Crippen LogP contribution is 2.38. The molecule has 0 amide bonds. The van der Waals surface area contributed by atoms with Crippen LogP contribution in [-0.2, 0) is 0 Å². The predicted octanol–water partition coefficient (Wildman–Crippen LogP) is 3.54. The van der Waals surface area contributed by atoms with E-state index in [9.17, 15) is 0 Å². The van der Waals surface area contributed by atoms with Gasteiger partial charge in [-0.05, 0) is 12.1 Å². The topological polar surface area (TPSA) is 33.0 Å². The molecule has 0 unspecified atom stereocenters. The van der Waals surface area contributed by atoms with Crippen LogP contribution in [0.2, 0.25) is 0 Å². The zero-order valence-electron chi connectivity index (χ0n) is 7.37. The molecule has 2 nitrogen and oxygen atoms in total. The standard InChI is InChI=1S/C10H6BrNOS/c1-13-8-3-2-7(11)9-6(4-12)5-14-10(8)9/h2-3,5H,1H3. The van der Waals surface area contributed by atoms with Gasteiger partial charge in [0.2, 0.25) is 0 Å². The van der Waals surface area contributed by atoms with Gasteiger partial charge in [0.25, 0.3) is 0 Å². The number of halogens is 1. The van der Waals surface area contributed by atoms with Crippen LogP contribution in [0.25, 0.3) is 10.1 Å². The normalized spacial score (nSPS) is 10.1. The molecule has 2 aromatic rings. The highest BCUT2D eigenvalue weighted by Gasteiger charge is 2.11. The molecule has 0 atom stereocenters. The van der Waals surface area contributed by atoms with Gasteiger partial charge in [-0.25, -0.2) is 0 Å². The van der Waals surface area contributed by atoms with Crippen molar-refractivity contribution in [1.82, 2.24) is 0 Å². The highest BCUT2D eigenvalue weighted by molar-refractivity contribution is 9.10. The second-order valence-electron chi connectivity index (χ2n) is 2.71. The van der Waals surface area contributed by atoms with Crippen molar-refractivity contribution in [2.24, 2.45) is 0 Å². The van der Waals surface area contributed by atoms with Crippen LogP contribution >= 0.6 is 27.3 Å².